The number of benzene rings is 1. The molecule has 0 bridgehead atoms. The smallest absolute Gasteiger partial charge is 0.123 e. The zero-order valence-electron chi connectivity index (χ0n) is 8.66. The molecule has 0 spiro atoms. The van der Waals surface area contributed by atoms with Crippen molar-refractivity contribution in [3.8, 4) is 0 Å². The Hall–Kier alpha value is -0.540. The summed E-state index contributed by atoms with van der Waals surface area (Å²) in [7, 11) is 0. The number of nitrogens with one attached hydrogen (secondary N) is 1. The zero-order chi connectivity index (χ0) is 10.4. The van der Waals surface area contributed by atoms with Gasteiger partial charge in [0, 0.05) is 23.1 Å². The molecule has 0 amide bonds. The molecule has 1 N–H and O–H groups in total. The Morgan fingerprint density at radius 3 is 3.20 bits per heavy atom. The fourth-order valence-corrected chi connectivity index (χ4v) is 4.06. The van der Waals surface area contributed by atoms with Gasteiger partial charge in [0.2, 0.25) is 0 Å². The summed E-state index contributed by atoms with van der Waals surface area (Å²) < 4.78 is 13.1. The molecule has 1 aliphatic heterocycles. The van der Waals surface area contributed by atoms with Crippen LogP contribution in [0.3, 0.4) is 0 Å². The summed E-state index contributed by atoms with van der Waals surface area (Å²) in [6.07, 6.45) is 1.01. The van der Waals surface area contributed by atoms with Crippen LogP contribution in [0.2, 0.25) is 0 Å². The minimum atomic E-state index is -0.106. The molecule has 0 aromatic heterocycles. The van der Waals surface area contributed by atoms with Crippen LogP contribution in [-0.2, 0) is 6.42 Å². The topological polar surface area (TPSA) is 12.0 Å². The van der Waals surface area contributed by atoms with Crippen LogP contribution in [0.25, 0.3) is 0 Å². The standard InChI is InChI=1S/C12H14FNS/c1-7-6-14-12-10-3-2-9(13)4-8(10)5-11(12)15-7/h2-4,7,11-12,14H,5-6H2,1H3. The van der Waals surface area contributed by atoms with Crippen molar-refractivity contribution < 1.29 is 4.39 Å². The molecule has 3 atom stereocenters. The molecule has 1 nitrogen and oxygen atoms in total. The summed E-state index contributed by atoms with van der Waals surface area (Å²) in [6.45, 7) is 3.31. The zero-order valence-corrected chi connectivity index (χ0v) is 9.48. The predicted molar refractivity (Wildman–Crippen MR) is 61.7 cm³/mol. The van der Waals surface area contributed by atoms with Gasteiger partial charge in [-0.3, -0.25) is 0 Å². The van der Waals surface area contributed by atoms with E-state index in [1.165, 1.54) is 11.1 Å². The van der Waals surface area contributed by atoms with Crippen LogP contribution in [0.15, 0.2) is 18.2 Å². The highest BCUT2D eigenvalue weighted by molar-refractivity contribution is 8.00. The Morgan fingerprint density at radius 1 is 1.47 bits per heavy atom. The van der Waals surface area contributed by atoms with Crippen molar-refractivity contribution in [2.24, 2.45) is 0 Å². The summed E-state index contributed by atoms with van der Waals surface area (Å²) in [5, 5.41) is 4.84. The van der Waals surface area contributed by atoms with Crippen molar-refractivity contribution in [3.05, 3.63) is 35.1 Å². The Labute approximate surface area is 93.4 Å². The first-order valence-corrected chi connectivity index (χ1v) is 6.35. The largest absolute Gasteiger partial charge is 0.308 e. The van der Waals surface area contributed by atoms with Gasteiger partial charge in [-0.15, -0.1) is 0 Å². The number of hydrogen-bond donors (Lipinski definition) is 1. The quantitative estimate of drug-likeness (QED) is 0.725. The fraction of sp³-hybridized carbons (Fsp3) is 0.500. The maximum atomic E-state index is 13.1. The second kappa shape index (κ2) is 3.49. The number of thioether (sulfide) groups is 1. The molecule has 3 rings (SSSR count). The Balaban J connectivity index is 1.95. The second-order valence-corrected chi connectivity index (χ2v) is 6.10. The predicted octanol–water partition coefficient (Wildman–Crippen LogP) is 2.52. The molecule has 1 aliphatic carbocycles. The lowest BCUT2D eigenvalue weighted by molar-refractivity contribution is 0.520. The first-order chi connectivity index (χ1) is 7.24. The van der Waals surface area contributed by atoms with E-state index in [9.17, 15) is 4.39 Å². The fourth-order valence-electron chi connectivity index (χ4n) is 2.60. The first kappa shape index (κ1) is 9.67. The lowest BCUT2D eigenvalue weighted by Crippen LogP contribution is -2.38. The normalized spacial score (nSPS) is 33.6. The van der Waals surface area contributed by atoms with Crippen molar-refractivity contribution in [1.82, 2.24) is 5.32 Å². The van der Waals surface area contributed by atoms with Crippen molar-refractivity contribution >= 4 is 11.8 Å². The molecule has 1 aromatic rings. The van der Waals surface area contributed by atoms with Gasteiger partial charge in [-0.1, -0.05) is 13.0 Å². The minimum absolute atomic E-state index is 0.106. The first-order valence-electron chi connectivity index (χ1n) is 5.41. The molecule has 0 saturated carbocycles. The molecule has 0 radical (unpaired) electrons. The highest BCUT2D eigenvalue weighted by Gasteiger charge is 2.36. The number of halogens is 1. The van der Waals surface area contributed by atoms with Crippen molar-refractivity contribution in [2.45, 2.75) is 29.9 Å². The van der Waals surface area contributed by atoms with Crippen LogP contribution in [0.1, 0.15) is 24.1 Å². The highest BCUT2D eigenvalue weighted by Crippen LogP contribution is 2.42. The van der Waals surface area contributed by atoms with Crippen LogP contribution >= 0.6 is 11.8 Å². The second-order valence-electron chi connectivity index (χ2n) is 4.42. The van der Waals surface area contributed by atoms with E-state index in [0.29, 0.717) is 16.5 Å². The molecule has 1 fully saturated rings. The van der Waals surface area contributed by atoms with E-state index in [-0.39, 0.29) is 5.82 Å². The molecule has 1 aromatic carbocycles. The van der Waals surface area contributed by atoms with E-state index in [1.54, 1.807) is 12.1 Å². The number of hydrogen-bond acceptors (Lipinski definition) is 2. The molecular weight excluding hydrogens is 209 g/mol. The van der Waals surface area contributed by atoms with E-state index >= 15 is 0 Å². The Kier molecular flexibility index (Phi) is 2.25. The third-order valence-electron chi connectivity index (χ3n) is 3.27. The molecule has 3 heteroatoms. The Bertz CT molecular complexity index is 393. The average molecular weight is 223 g/mol. The third kappa shape index (κ3) is 1.58. The van der Waals surface area contributed by atoms with E-state index in [1.807, 2.05) is 17.8 Å². The van der Waals surface area contributed by atoms with Gasteiger partial charge in [-0.2, -0.15) is 11.8 Å². The van der Waals surface area contributed by atoms with Gasteiger partial charge in [0.15, 0.2) is 0 Å². The lowest BCUT2D eigenvalue weighted by Gasteiger charge is -2.31. The van der Waals surface area contributed by atoms with E-state index < -0.39 is 0 Å². The van der Waals surface area contributed by atoms with Gasteiger partial charge in [0.1, 0.15) is 5.82 Å². The van der Waals surface area contributed by atoms with Gasteiger partial charge in [0.05, 0.1) is 0 Å². The third-order valence-corrected chi connectivity index (χ3v) is 4.68. The van der Waals surface area contributed by atoms with Gasteiger partial charge < -0.3 is 5.32 Å². The van der Waals surface area contributed by atoms with Crippen LogP contribution in [-0.4, -0.2) is 17.0 Å². The van der Waals surface area contributed by atoms with Crippen LogP contribution in [0, 0.1) is 5.82 Å². The van der Waals surface area contributed by atoms with E-state index in [0.717, 1.165) is 13.0 Å². The van der Waals surface area contributed by atoms with Crippen LogP contribution < -0.4 is 5.32 Å². The van der Waals surface area contributed by atoms with Crippen LogP contribution in [0.5, 0.6) is 0 Å². The van der Waals surface area contributed by atoms with E-state index in [2.05, 4.69) is 12.2 Å². The maximum Gasteiger partial charge on any atom is 0.123 e. The molecule has 1 saturated heterocycles. The Morgan fingerprint density at radius 2 is 2.33 bits per heavy atom. The molecule has 3 unspecified atom stereocenters. The monoisotopic (exact) mass is 223 g/mol. The summed E-state index contributed by atoms with van der Waals surface area (Å²) in [4.78, 5) is 0. The molecule has 80 valence electrons. The van der Waals surface area contributed by atoms with Crippen molar-refractivity contribution in [1.29, 1.82) is 0 Å². The minimum Gasteiger partial charge on any atom is -0.308 e. The summed E-state index contributed by atoms with van der Waals surface area (Å²) in [6, 6.07) is 5.66. The molecule has 2 aliphatic rings. The lowest BCUT2D eigenvalue weighted by atomic mass is 10.1. The summed E-state index contributed by atoms with van der Waals surface area (Å²) >= 11 is 2.03. The van der Waals surface area contributed by atoms with Crippen molar-refractivity contribution in [2.75, 3.05) is 6.54 Å². The van der Waals surface area contributed by atoms with Gasteiger partial charge in [-0.05, 0) is 29.7 Å². The van der Waals surface area contributed by atoms with Gasteiger partial charge >= 0.3 is 0 Å². The average Bonchev–Trinajstić information content (AvgIpc) is 2.53. The van der Waals surface area contributed by atoms with Gasteiger partial charge in [-0.25, -0.2) is 4.39 Å². The summed E-state index contributed by atoms with van der Waals surface area (Å²) in [5.41, 5.74) is 2.50. The molecule has 15 heavy (non-hydrogen) atoms. The number of rotatable bonds is 0. The maximum absolute atomic E-state index is 13.1. The molecular formula is C12H14FNS. The van der Waals surface area contributed by atoms with Gasteiger partial charge in [0.25, 0.3) is 0 Å². The van der Waals surface area contributed by atoms with Crippen LogP contribution in [0.4, 0.5) is 4.39 Å². The molecule has 1 heterocycles. The highest BCUT2D eigenvalue weighted by atomic mass is 32.2. The van der Waals surface area contributed by atoms with Crippen molar-refractivity contribution in [3.63, 3.8) is 0 Å². The SMILES string of the molecule is CC1CNC2c3ccc(F)cc3CC2S1. The van der Waals surface area contributed by atoms with E-state index in [4.69, 9.17) is 0 Å². The number of fused-ring (bicyclic) bond motifs is 3. The summed E-state index contributed by atoms with van der Waals surface area (Å²) in [5.74, 6) is -0.106.